The van der Waals surface area contributed by atoms with Gasteiger partial charge in [-0.15, -0.1) is 0 Å². The summed E-state index contributed by atoms with van der Waals surface area (Å²) in [6.45, 7) is 8.64. The molecular weight excluding hydrogens is 538 g/mol. The van der Waals surface area contributed by atoms with Gasteiger partial charge in [-0.2, -0.15) is 5.10 Å². The Morgan fingerprint density at radius 2 is 1.51 bits per heavy atom. The maximum atomic E-state index is 13.6. The Kier molecular flexibility index (Phi) is 11.7. The van der Waals surface area contributed by atoms with Gasteiger partial charge in [-0.25, -0.2) is 10.2 Å². The highest BCUT2D eigenvalue weighted by molar-refractivity contribution is 5.89. The van der Waals surface area contributed by atoms with Crippen LogP contribution in [0.1, 0.15) is 69.1 Å². The highest BCUT2D eigenvalue weighted by Crippen LogP contribution is 2.39. The number of aromatic hydroxyl groups is 1. The smallest absolute Gasteiger partial charge is 0.343 e. The fourth-order valence-corrected chi connectivity index (χ4v) is 5.55. The Balaban J connectivity index is 1.81. The minimum atomic E-state index is -0.579. The van der Waals surface area contributed by atoms with Gasteiger partial charge in [0.15, 0.2) is 0 Å². The molecule has 0 bridgehead atoms. The van der Waals surface area contributed by atoms with Crippen LogP contribution in [0.3, 0.4) is 0 Å². The van der Waals surface area contributed by atoms with Crippen LogP contribution in [0.2, 0.25) is 0 Å². The largest absolute Gasteiger partial charge is 0.507 e. The predicted molar refractivity (Wildman–Crippen MR) is 174 cm³/mol. The number of rotatable bonds is 15. The van der Waals surface area contributed by atoms with E-state index in [1.54, 1.807) is 18.2 Å². The topological polar surface area (TPSA) is 95.1 Å². The lowest BCUT2D eigenvalue weighted by atomic mass is 9.78. The van der Waals surface area contributed by atoms with Crippen molar-refractivity contribution >= 4 is 22.6 Å². The van der Waals surface area contributed by atoms with E-state index in [1.165, 1.54) is 0 Å². The molecule has 0 aliphatic rings. The molecule has 0 aliphatic heterocycles. The molecule has 2 N–H and O–H groups in total. The van der Waals surface area contributed by atoms with Crippen LogP contribution < -0.4 is 11.1 Å². The van der Waals surface area contributed by atoms with Gasteiger partial charge in [-0.05, 0) is 56.1 Å². The highest BCUT2D eigenvalue weighted by Gasteiger charge is 2.34. The zero-order valence-electron chi connectivity index (χ0n) is 25.5. The van der Waals surface area contributed by atoms with Crippen LogP contribution in [0.5, 0.6) is 5.75 Å². The van der Waals surface area contributed by atoms with Gasteiger partial charge in [0, 0.05) is 24.1 Å². The number of nitrogens with zero attached hydrogens (tertiary/aromatic N) is 2. The second-order valence-electron chi connectivity index (χ2n) is 11.1. The average Bonchev–Trinajstić information content (AvgIpc) is 3.03. The second kappa shape index (κ2) is 15.8. The van der Waals surface area contributed by atoms with E-state index in [1.807, 2.05) is 73.7 Å². The molecule has 0 spiro atoms. The number of hydrazone groups is 1. The number of hydrogen-bond acceptors (Lipinski definition) is 6. The summed E-state index contributed by atoms with van der Waals surface area (Å²) in [7, 11) is 0. The van der Waals surface area contributed by atoms with Crippen LogP contribution in [0, 0.1) is 5.92 Å². The van der Waals surface area contributed by atoms with Crippen molar-refractivity contribution in [2.24, 2.45) is 11.0 Å². The summed E-state index contributed by atoms with van der Waals surface area (Å²) in [5.41, 5.74) is 5.14. The van der Waals surface area contributed by atoms with Gasteiger partial charge >= 0.3 is 5.63 Å². The number of para-hydroxylation sites is 1. The lowest BCUT2D eigenvalue weighted by molar-refractivity contribution is -0.120. The summed E-state index contributed by atoms with van der Waals surface area (Å²) >= 11 is 0. The third-order valence-electron chi connectivity index (χ3n) is 7.90. The van der Waals surface area contributed by atoms with E-state index < -0.39 is 11.5 Å². The second-order valence-corrected chi connectivity index (χ2v) is 11.1. The Hall–Kier alpha value is -4.23. The van der Waals surface area contributed by atoms with Crippen molar-refractivity contribution in [3.05, 3.63) is 112 Å². The molecule has 226 valence electrons. The van der Waals surface area contributed by atoms with E-state index in [-0.39, 0.29) is 29.6 Å². The molecular formula is C36H43N3O4. The minimum Gasteiger partial charge on any atom is -0.507 e. The Labute approximate surface area is 254 Å². The number of carbonyl (C=O) groups excluding carboxylic acids is 1. The maximum absolute atomic E-state index is 13.6. The van der Waals surface area contributed by atoms with Crippen molar-refractivity contribution in [2.75, 3.05) is 19.6 Å². The lowest BCUT2D eigenvalue weighted by Gasteiger charge is -2.33. The Morgan fingerprint density at radius 1 is 0.907 bits per heavy atom. The first-order valence-electron chi connectivity index (χ1n) is 15.3. The van der Waals surface area contributed by atoms with Gasteiger partial charge in [-0.3, -0.25) is 4.79 Å². The zero-order chi connectivity index (χ0) is 30.6. The summed E-state index contributed by atoms with van der Waals surface area (Å²) in [6, 6.07) is 26.3. The summed E-state index contributed by atoms with van der Waals surface area (Å²) in [5.74, 6) is -1.21. The standard InChI is InChI=1S/C36H43N3O4/c1-4-6-22-39(23-7-5-2)25-30(26(3)37-38-32(40)24-27-16-10-8-11-17-27)33(28-18-12-9-13-19-28)34-35(41)29-20-14-15-21-31(29)43-36(34)42/h8-21,30,33,41H,4-7,22-25H2,1-3H3,(H,38,40)/b37-26-/t30-,33+/m1/s1. The first-order valence-corrected chi connectivity index (χ1v) is 15.3. The summed E-state index contributed by atoms with van der Waals surface area (Å²) in [6.07, 6.45) is 4.42. The van der Waals surface area contributed by atoms with Crippen LogP contribution in [0.4, 0.5) is 0 Å². The fourth-order valence-electron chi connectivity index (χ4n) is 5.55. The first kappa shape index (κ1) is 31.7. The highest BCUT2D eigenvalue weighted by atomic mass is 16.4. The summed E-state index contributed by atoms with van der Waals surface area (Å²) < 4.78 is 5.77. The number of carbonyl (C=O) groups is 1. The number of benzene rings is 3. The molecule has 0 saturated heterocycles. The molecule has 1 heterocycles. The molecule has 1 aromatic heterocycles. The van der Waals surface area contributed by atoms with Crippen LogP contribution in [-0.4, -0.2) is 41.3 Å². The molecule has 0 radical (unpaired) electrons. The van der Waals surface area contributed by atoms with Crippen molar-refractivity contribution in [1.82, 2.24) is 10.3 Å². The van der Waals surface area contributed by atoms with E-state index in [0.717, 1.165) is 49.9 Å². The quantitative estimate of drug-likeness (QED) is 0.0906. The molecule has 0 unspecified atom stereocenters. The molecule has 0 saturated carbocycles. The molecule has 43 heavy (non-hydrogen) atoms. The summed E-state index contributed by atoms with van der Waals surface area (Å²) in [4.78, 5) is 28.9. The average molecular weight is 582 g/mol. The number of amides is 1. The van der Waals surface area contributed by atoms with Crippen LogP contribution in [0.15, 0.2) is 99.2 Å². The number of fused-ring (bicyclic) bond motifs is 1. The monoisotopic (exact) mass is 581 g/mol. The van der Waals surface area contributed by atoms with Gasteiger partial charge in [0.05, 0.1) is 17.4 Å². The molecule has 7 heteroatoms. The van der Waals surface area contributed by atoms with Crippen molar-refractivity contribution in [2.45, 2.75) is 58.8 Å². The van der Waals surface area contributed by atoms with Crippen LogP contribution in [-0.2, 0) is 11.2 Å². The van der Waals surface area contributed by atoms with E-state index in [2.05, 4.69) is 29.3 Å². The normalized spacial score (nSPS) is 13.3. The van der Waals surface area contributed by atoms with Crippen molar-refractivity contribution in [3.63, 3.8) is 0 Å². The molecule has 1 amide bonds. The first-order chi connectivity index (χ1) is 20.9. The molecule has 4 rings (SSSR count). The predicted octanol–water partition coefficient (Wildman–Crippen LogP) is 6.88. The molecule has 3 aromatic carbocycles. The van der Waals surface area contributed by atoms with Gasteiger partial charge in [0.1, 0.15) is 11.3 Å². The molecule has 0 aliphatic carbocycles. The number of nitrogens with one attached hydrogen (secondary N) is 1. The van der Waals surface area contributed by atoms with Gasteiger partial charge in [0.25, 0.3) is 0 Å². The molecule has 7 nitrogen and oxygen atoms in total. The summed E-state index contributed by atoms with van der Waals surface area (Å²) in [5, 5.41) is 16.7. The lowest BCUT2D eigenvalue weighted by Crippen LogP contribution is -2.39. The Morgan fingerprint density at radius 3 is 2.16 bits per heavy atom. The third-order valence-corrected chi connectivity index (χ3v) is 7.90. The minimum absolute atomic E-state index is 0.0831. The molecule has 2 atom stereocenters. The van der Waals surface area contributed by atoms with Crippen LogP contribution >= 0.6 is 0 Å². The van der Waals surface area contributed by atoms with Crippen molar-refractivity contribution < 1.29 is 14.3 Å². The van der Waals surface area contributed by atoms with Crippen molar-refractivity contribution in [3.8, 4) is 5.75 Å². The van der Waals surface area contributed by atoms with E-state index in [9.17, 15) is 14.7 Å². The SMILES string of the molecule is CCCCN(CCCC)C[C@H](/C(C)=N\NC(=O)Cc1ccccc1)[C@H](c1ccccc1)c1c(O)c2ccccc2oc1=O. The van der Waals surface area contributed by atoms with E-state index in [4.69, 9.17) is 4.42 Å². The Bertz CT molecular complexity index is 1540. The van der Waals surface area contributed by atoms with Gasteiger partial charge in [0.2, 0.25) is 5.91 Å². The van der Waals surface area contributed by atoms with E-state index in [0.29, 0.717) is 23.2 Å². The zero-order valence-corrected chi connectivity index (χ0v) is 25.5. The number of unbranched alkanes of at least 4 members (excludes halogenated alkanes) is 2. The fraction of sp³-hybridized carbons (Fsp3) is 0.361. The number of hydrogen-bond donors (Lipinski definition) is 2. The molecule has 0 fully saturated rings. The van der Waals surface area contributed by atoms with Crippen molar-refractivity contribution in [1.29, 1.82) is 0 Å². The third kappa shape index (κ3) is 8.42. The maximum Gasteiger partial charge on any atom is 0.343 e. The van der Waals surface area contributed by atoms with Gasteiger partial charge < -0.3 is 14.4 Å². The van der Waals surface area contributed by atoms with Crippen LogP contribution in [0.25, 0.3) is 11.0 Å². The molecule has 4 aromatic rings. The van der Waals surface area contributed by atoms with E-state index >= 15 is 0 Å². The van der Waals surface area contributed by atoms with Gasteiger partial charge in [-0.1, -0.05) is 99.5 Å².